The van der Waals surface area contributed by atoms with Gasteiger partial charge in [-0.25, -0.2) is 0 Å². The fraction of sp³-hybridized carbons (Fsp3) is 0.833. The highest BCUT2D eigenvalue weighted by Crippen LogP contribution is 2.25. The van der Waals surface area contributed by atoms with Crippen LogP contribution in [-0.4, -0.2) is 16.0 Å². The van der Waals surface area contributed by atoms with Crippen LogP contribution in [-0.2, 0) is 4.79 Å². The van der Waals surface area contributed by atoms with Crippen LogP contribution in [0.2, 0.25) is 0 Å². The quantitative estimate of drug-likeness (QED) is 0.561. The third-order valence-electron chi connectivity index (χ3n) is 1.53. The molecular weight excluding hydrogens is 203 g/mol. The Hall–Kier alpha value is 0.440. The molecule has 1 nitrogen and oxygen atoms in total. The molecule has 0 heterocycles. The molecule has 1 aliphatic carbocycles. The van der Waals surface area contributed by atoms with Crippen molar-refractivity contribution >= 4 is 33.3 Å². The predicted molar refractivity (Wildman–Crippen MR) is 41.2 cm³/mol. The molecule has 1 rings (SSSR count). The van der Waals surface area contributed by atoms with Crippen molar-refractivity contribution in [2.45, 2.75) is 29.5 Å². The van der Waals surface area contributed by atoms with E-state index in [4.69, 9.17) is 11.6 Å². The van der Waals surface area contributed by atoms with Gasteiger partial charge in [0.05, 0.1) is 10.2 Å². The monoisotopic (exact) mass is 210 g/mol. The number of alkyl halides is 2. The summed E-state index contributed by atoms with van der Waals surface area (Å²) in [6, 6.07) is 0. The van der Waals surface area contributed by atoms with Gasteiger partial charge in [-0.1, -0.05) is 15.9 Å². The molecule has 1 aliphatic rings. The van der Waals surface area contributed by atoms with Crippen molar-refractivity contribution in [3.05, 3.63) is 0 Å². The van der Waals surface area contributed by atoms with Gasteiger partial charge in [-0.15, -0.1) is 11.6 Å². The Morgan fingerprint density at radius 1 is 1.67 bits per heavy atom. The van der Waals surface area contributed by atoms with E-state index in [1.54, 1.807) is 0 Å². The van der Waals surface area contributed by atoms with E-state index in [-0.39, 0.29) is 16.0 Å². The van der Waals surface area contributed by atoms with E-state index in [9.17, 15) is 4.79 Å². The average molecular weight is 211 g/mol. The minimum Gasteiger partial charge on any atom is -0.298 e. The number of carbonyl (C=O) groups is 1. The third-order valence-corrected chi connectivity index (χ3v) is 3.45. The minimum atomic E-state index is -0.0899. The maximum Gasteiger partial charge on any atom is 0.147 e. The molecule has 0 aromatic rings. The Balaban J connectivity index is 2.51. The van der Waals surface area contributed by atoms with Crippen molar-refractivity contribution in [2.24, 2.45) is 0 Å². The summed E-state index contributed by atoms with van der Waals surface area (Å²) < 4.78 is 0. The summed E-state index contributed by atoms with van der Waals surface area (Å²) >= 11 is 9.03. The normalized spacial score (nSPS) is 36.9. The molecule has 0 radical (unpaired) electrons. The number of halogens is 2. The van der Waals surface area contributed by atoms with Crippen molar-refractivity contribution in [1.29, 1.82) is 0 Å². The number of hydrogen-bond donors (Lipinski definition) is 0. The van der Waals surface area contributed by atoms with Crippen LogP contribution in [0.25, 0.3) is 0 Å². The molecule has 0 saturated heterocycles. The lowest BCUT2D eigenvalue weighted by Crippen LogP contribution is -2.28. The molecule has 1 fully saturated rings. The summed E-state index contributed by atoms with van der Waals surface area (Å²) in [4.78, 5) is 10.8. The lowest BCUT2D eigenvalue weighted by molar-refractivity contribution is -0.119. The van der Waals surface area contributed by atoms with E-state index in [2.05, 4.69) is 15.9 Å². The van der Waals surface area contributed by atoms with Gasteiger partial charge >= 0.3 is 0 Å². The van der Waals surface area contributed by atoms with Crippen molar-refractivity contribution < 1.29 is 4.79 Å². The molecular formula is C6H8BrClO. The summed E-state index contributed by atoms with van der Waals surface area (Å²) in [7, 11) is 0. The second-order valence-electron chi connectivity index (χ2n) is 2.28. The fourth-order valence-corrected chi connectivity index (χ4v) is 1.75. The highest BCUT2D eigenvalue weighted by Gasteiger charge is 2.27. The highest BCUT2D eigenvalue weighted by molar-refractivity contribution is 9.10. The summed E-state index contributed by atoms with van der Waals surface area (Å²) in [5.41, 5.74) is 0. The van der Waals surface area contributed by atoms with Crippen LogP contribution in [0.4, 0.5) is 0 Å². The average Bonchev–Trinajstić information content (AvgIpc) is 1.83. The molecule has 52 valence electrons. The lowest BCUT2D eigenvalue weighted by atomic mass is 9.99. The molecule has 0 amide bonds. The molecule has 0 bridgehead atoms. The molecule has 3 heteroatoms. The van der Waals surface area contributed by atoms with E-state index < -0.39 is 0 Å². The number of carbonyl (C=O) groups excluding carboxylic acids is 1. The summed E-state index contributed by atoms with van der Waals surface area (Å²) in [5.74, 6) is 0.251. The molecule has 0 unspecified atom stereocenters. The molecule has 0 N–H and O–H groups in total. The molecule has 0 spiro atoms. The number of hydrogen-bond acceptors (Lipinski definition) is 1. The van der Waals surface area contributed by atoms with Crippen LogP contribution >= 0.6 is 27.5 Å². The molecule has 2 atom stereocenters. The fourth-order valence-electron chi connectivity index (χ4n) is 0.957. The Kier molecular flexibility index (Phi) is 2.53. The van der Waals surface area contributed by atoms with Crippen molar-refractivity contribution in [3.8, 4) is 0 Å². The Morgan fingerprint density at radius 2 is 2.33 bits per heavy atom. The number of Topliss-reactive ketones (excluding diaryl/α,β-unsaturated/α-hetero) is 1. The molecule has 0 aromatic carbocycles. The van der Waals surface area contributed by atoms with Crippen molar-refractivity contribution in [1.82, 2.24) is 0 Å². The van der Waals surface area contributed by atoms with Gasteiger partial charge in [0.15, 0.2) is 0 Å². The van der Waals surface area contributed by atoms with Gasteiger partial charge in [0.1, 0.15) is 5.78 Å². The summed E-state index contributed by atoms with van der Waals surface area (Å²) in [5, 5.41) is 0.0197. The van der Waals surface area contributed by atoms with Crippen LogP contribution in [0.1, 0.15) is 19.3 Å². The number of ketones is 1. The van der Waals surface area contributed by atoms with E-state index >= 15 is 0 Å². The summed E-state index contributed by atoms with van der Waals surface area (Å²) in [6.45, 7) is 0. The maximum absolute atomic E-state index is 10.9. The van der Waals surface area contributed by atoms with E-state index in [0.717, 1.165) is 12.8 Å². The summed E-state index contributed by atoms with van der Waals surface area (Å²) in [6.07, 6.45) is 2.61. The second-order valence-corrected chi connectivity index (χ2v) is 3.82. The van der Waals surface area contributed by atoms with Crippen molar-refractivity contribution in [3.63, 3.8) is 0 Å². The van der Waals surface area contributed by atoms with Gasteiger partial charge in [-0.05, 0) is 12.8 Å². The van der Waals surface area contributed by atoms with Crippen LogP contribution in [0.5, 0.6) is 0 Å². The first-order valence-electron chi connectivity index (χ1n) is 3.02. The van der Waals surface area contributed by atoms with Crippen LogP contribution in [0.3, 0.4) is 0 Å². The van der Waals surface area contributed by atoms with Gasteiger partial charge in [0.25, 0.3) is 0 Å². The van der Waals surface area contributed by atoms with Crippen LogP contribution in [0.15, 0.2) is 0 Å². The Labute approximate surface area is 67.9 Å². The lowest BCUT2D eigenvalue weighted by Gasteiger charge is -2.19. The van der Waals surface area contributed by atoms with Gasteiger partial charge in [-0.3, -0.25) is 4.79 Å². The van der Waals surface area contributed by atoms with Gasteiger partial charge in [0.2, 0.25) is 0 Å². The van der Waals surface area contributed by atoms with Gasteiger partial charge < -0.3 is 0 Å². The number of rotatable bonds is 0. The predicted octanol–water partition coefficient (Wildman–Crippen LogP) is 2.11. The van der Waals surface area contributed by atoms with Gasteiger partial charge in [-0.2, -0.15) is 0 Å². The first kappa shape index (κ1) is 7.55. The van der Waals surface area contributed by atoms with Crippen molar-refractivity contribution in [2.75, 3.05) is 0 Å². The SMILES string of the molecule is O=C1CCC[C@@H](Cl)[C@@H]1Br. The Bertz CT molecular complexity index is 126. The Morgan fingerprint density at radius 3 is 2.78 bits per heavy atom. The van der Waals surface area contributed by atoms with E-state index in [1.807, 2.05) is 0 Å². The zero-order valence-electron chi connectivity index (χ0n) is 4.94. The molecule has 1 saturated carbocycles. The smallest absolute Gasteiger partial charge is 0.147 e. The van der Waals surface area contributed by atoms with E-state index in [0.29, 0.717) is 6.42 Å². The standard InChI is InChI=1S/C6H8BrClO/c7-6-4(8)2-1-3-5(6)9/h4,6H,1-3H2/t4-,6+/m1/s1. The maximum atomic E-state index is 10.9. The molecule has 9 heavy (non-hydrogen) atoms. The first-order chi connectivity index (χ1) is 4.22. The zero-order chi connectivity index (χ0) is 6.85. The molecule has 0 aliphatic heterocycles. The first-order valence-corrected chi connectivity index (χ1v) is 4.38. The van der Waals surface area contributed by atoms with Crippen LogP contribution < -0.4 is 0 Å². The van der Waals surface area contributed by atoms with Gasteiger partial charge in [0, 0.05) is 6.42 Å². The highest BCUT2D eigenvalue weighted by atomic mass is 79.9. The molecule has 0 aromatic heterocycles. The largest absolute Gasteiger partial charge is 0.298 e. The zero-order valence-corrected chi connectivity index (χ0v) is 7.28. The third kappa shape index (κ3) is 1.68. The minimum absolute atomic E-state index is 0.0197. The second kappa shape index (κ2) is 3.02. The van der Waals surface area contributed by atoms with E-state index in [1.165, 1.54) is 0 Å². The topological polar surface area (TPSA) is 17.1 Å². The van der Waals surface area contributed by atoms with Crippen LogP contribution in [0, 0.1) is 0 Å².